The van der Waals surface area contributed by atoms with E-state index in [1.807, 2.05) is 50.5 Å². The van der Waals surface area contributed by atoms with Crippen LogP contribution >= 0.6 is 23.4 Å². The van der Waals surface area contributed by atoms with Crippen molar-refractivity contribution in [3.05, 3.63) is 53.3 Å². The van der Waals surface area contributed by atoms with E-state index in [1.54, 1.807) is 18.0 Å². The van der Waals surface area contributed by atoms with Crippen LogP contribution < -0.4 is 10.1 Å². The summed E-state index contributed by atoms with van der Waals surface area (Å²) >= 11 is 7.69. The van der Waals surface area contributed by atoms with E-state index in [1.165, 1.54) is 4.90 Å². The number of hydrogen-bond donors (Lipinski definition) is 1. The van der Waals surface area contributed by atoms with Gasteiger partial charge in [-0.1, -0.05) is 11.6 Å². The molecule has 0 radical (unpaired) electrons. The van der Waals surface area contributed by atoms with E-state index in [0.717, 1.165) is 22.1 Å². The average molecular weight is 323 g/mol. The van der Waals surface area contributed by atoms with Crippen molar-refractivity contribution < 1.29 is 4.74 Å². The van der Waals surface area contributed by atoms with Crippen LogP contribution in [-0.2, 0) is 0 Å². The molecule has 3 nitrogen and oxygen atoms in total. The number of rotatable bonds is 7. The summed E-state index contributed by atoms with van der Waals surface area (Å²) in [6.07, 6.45) is 3.62. The van der Waals surface area contributed by atoms with E-state index in [4.69, 9.17) is 16.3 Å². The maximum Gasteiger partial charge on any atom is 0.137 e. The van der Waals surface area contributed by atoms with E-state index in [-0.39, 0.29) is 6.04 Å². The van der Waals surface area contributed by atoms with Crippen LogP contribution in [0.4, 0.5) is 0 Å². The van der Waals surface area contributed by atoms with Gasteiger partial charge in [0, 0.05) is 27.9 Å². The molecule has 0 aliphatic heterocycles. The largest absolute Gasteiger partial charge is 0.492 e. The van der Waals surface area contributed by atoms with Crippen LogP contribution in [0.1, 0.15) is 18.5 Å². The van der Waals surface area contributed by atoms with E-state index < -0.39 is 0 Å². The molecule has 0 saturated heterocycles. The zero-order valence-corrected chi connectivity index (χ0v) is 13.7. The third kappa shape index (κ3) is 4.92. The quantitative estimate of drug-likeness (QED) is 0.775. The molecule has 5 heteroatoms. The predicted molar refractivity (Wildman–Crippen MR) is 89.4 cm³/mol. The Bertz CT molecular complexity index is 562. The highest BCUT2D eigenvalue weighted by molar-refractivity contribution is 7.99. The number of ether oxygens (including phenoxy) is 1. The first-order chi connectivity index (χ1) is 10.2. The summed E-state index contributed by atoms with van der Waals surface area (Å²) in [5.41, 5.74) is 1.13. The molecular weight excluding hydrogens is 304 g/mol. The van der Waals surface area contributed by atoms with Crippen molar-refractivity contribution in [2.75, 3.05) is 19.4 Å². The Labute approximate surface area is 135 Å². The first-order valence-corrected chi connectivity index (χ1v) is 8.22. The fraction of sp³-hybridized carbons (Fsp3) is 0.312. The molecular formula is C16H19ClN2OS. The number of nitrogens with zero attached hydrogens (tertiary/aromatic N) is 1. The van der Waals surface area contributed by atoms with E-state index in [9.17, 15) is 0 Å². The second-order valence-corrected chi connectivity index (χ2v) is 6.02. The molecule has 1 unspecified atom stereocenters. The van der Waals surface area contributed by atoms with Crippen LogP contribution in [0.15, 0.2) is 47.6 Å². The SMILES string of the molecule is CCOc1cncc(C(CSc2ccc(Cl)cc2)NC)c1. The molecule has 0 bridgehead atoms. The van der Waals surface area contributed by atoms with E-state index in [2.05, 4.69) is 10.3 Å². The van der Waals surface area contributed by atoms with E-state index in [0.29, 0.717) is 6.61 Å². The van der Waals surface area contributed by atoms with Crippen LogP contribution in [0.25, 0.3) is 0 Å². The lowest BCUT2D eigenvalue weighted by molar-refractivity contribution is 0.338. The van der Waals surface area contributed by atoms with Crippen molar-refractivity contribution in [1.82, 2.24) is 10.3 Å². The minimum atomic E-state index is 0.221. The molecule has 1 heterocycles. The van der Waals surface area contributed by atoms with Crippen molar-refractivity contribution in [3.63, 3.8) is 0 Å². The molecule has 0 spiro atoms. The molecule has 0 fully saturated rings. The fourth-order valence-corrected chi connectivity index (χ4v) is 3.10. The number of thioether (sulfide) groups is 1. The maximum absolute atomic E-state index is 5.90. The van der Waals surface area contributed by atoms with Gasteiger partial charge in [0.15, 0.2) is 0 Å². The highest BCUT2D eigenvalue weighted by Gasteiger charge is 2.11. The van der Waals surface area contributed by atoms with Gasteiger partial charge in [-0.05, 0) is 49.9 Å². The highest BCUT2D eigenvalue weighted by Crippen LogP contribution is 2.26. The number of pyridine rings is 1. The van der Waals surface area contributed by atoms with Crippen LogP contribution in [-0.4, -0.2) is 24.4 Å². The number of hydrogen-bond acceptors (Lipinski definition) is 4. The van der Waals surface area contributed by atoms with Crippen molar-refractivity contribution in [2.24, 2.45) is 0 Å². The molecule has 0 aliphatic rings. The summed E-state index contributed by atoms with van der Waals surface area (Å²) in [7, 11) is 1.96. The van der Waals surface area contributed by atoms with Crippen LogP contribution in [0.5, 0.6) is 5.75 Å². The Morgan fingerprint density at radius 2 is 2.05 bits per heavy atom. The Kier molecular flexibility index (Phi) is 6.36. The average Bonchev–Trinajstić information content (AvgIpc) is 2.50. The van der Waals surface area contributed by atoms with Gasteiger partial charge in [-0.2, -0.15) is 0 Å². The fourth-order valence-electron chi connectivity index (χ4n) is 1.93. The summed E-state index contributed by atoms with van der Waals surface area (Å²) in [5.74, 6) is 1.72. The molecule has 112 valence electrons. The van der Waals surface area contributed by atoms with Gasteiger partial charge >= 0.3 is 0 Å². The molecule has 2 aromatic rings. The highest BCUT2D eigenvalue weighted by atomic mass is 35.5. The monoisotopic (exact) mass is 322 g/mol. The first kappa shape index (κ1) is 16.1. The normalized spacial score (nSPS) is 12.1. The van der Waals surface area contributed by atoms with Gasteiger partial charge in [-0.25, -0.2) is 0 Å². The topological polar surface area (TPSA) is 34.1 Å². The smallest absolute Gasteiger partial charge is 0.137 e. The third-order valence-electron chi connectivity index (χ3n) is 3.03. The third-order valence-corrected chi connectivity index (χ3v) is 4.38. The van der Waals surface area contributed by atoms with Gasteiger partial charge < -0.3 is 10.1 Å². The Hall–Kier alpha value is -1.23. The van der Waals surface area contributed by atoms with Crippen LogP contribution in [0, 0.1) is 0 Å². The van der Waals surface area contributed by atoms with Crippen molar-refractivity contribution >= 4 is 23.4 Å². The van der Waals surface area contributed by atoms with Gasteiger partial charge in [0.25, 0.3) is 0 Å². The summed E-state index contributed by atoms with van der Waals surface area (Å²) in [5, 5.41) is 4.09. The molecule has 0 saturated carbocycles. The molecule has 1 atom stereocenters. The second kappa shape index (κ2) is 8.27. The summed E-state index contributed by atoms with van der Waals surface area (Å²) in [4.78, 5) is 5.45. The van der Waals surface area contributed by atoms with Gasteiger partial charge in [0.2, 0.25) is 0 Å². The minimum absolute atomic E-state index is 0.221. The summed E-state index contributed by atoms with van der Waals surface area (Å²) < 4.78 is 5.51. The molecule has 0 aliphatic carbocycles. The van der Waals surface area contributed by atoms with Crippen molar-refractivity contribution in [3.8, 4) is 5.75 Å². The lowest BCUT2D eigenvalue weighted by atomic mass is 10.1. The minimum Gasteiger partial charge on any atom is -0.492 e. The maximum atomic E-state index is 5.90. The Balaban J connectivity index is 2.02. The molecule has 1 aromatic heterocycles. The molecule has 2 rings (SSSR count). The predicted octanol–water partition coefficient (Wildman–Crippen LogP) is 4.19. The summed E-state index contributed by atoms with van der Waals surface area (Å²) in [6.45, 7) is 2.62. The second-order valence-electron chi connectivity index (χ2n) is 4.49. The molecule has 0 amide bonds. The Morgan fingerprint density at radius 1 is 1.29 bits per heavy atom. The van der Waals surface area contributed by atoms with Crippen molar-refractivity contribution in [1.29, 1.82) is 0 Å². The Morgan fingerprint density at radius 3 is 2.71 bits per heavy atom. The number of benzene rings is 1. The van der Waals surface area contributed by atoms with Gasteiger partial charge in [0.05, 0.1) is 12.8 Å². The zero-order chi connectivity index (χ0) is 15.1. The van der Waals surface area contributed by atoms with Gasteiger partial charge in [-0.15, -0.1) is 11.8 Å². The van der Waals surface area contributed by atoms with Crippen LogP contribution in [0.3, 0.4) is 0 Å². The first-order valence-electron chi connectivity index (χ1n) is 6.86. The summed E-state index contributed by atoms with van der Waals surface area (Å²) in [6, 6.07) is 10.2. The lowest BCUT2D eigenvalue weighted by Gasteiger charge is -2.16. The number of nitrogens with one attached hydrogen (secondary N) is 1. The zero-order valence-electron chi connectivity index (χ0n) is 12.2. The van der Waals surface area contributed by atoms with Gasteiger partial charge in [-0.3, -0.25) is 4.98 Å². The number of halogens is 1. The van der Waals surface area contributed by atoms with Gasteiger partial charge in [0.1, 0.15) is 5.75 Å². The molecule has 1 aromatic carbocycles. The van der Waals surface area contributed by atoms with Crippen molar-refractivity contribution in [2.45, 2.75) is 17.9 Å². The molecule has 21 heavy (non-hydrogen) atoms. The lowest BCUT2D eigenvalue weighted by Crippen LogP contribution is -2.19. The molecule has 1 N–H and O–H groups in total. The number of aromatic nitrogens is 1. The standard InChI is InChI=1S/C16H19ClN2OS/c1-3-20-14-8-12(9-19-10-14)16(18-2)11-21-15-6-4-13(17)5-7-15/h4-10,16,18H,3,11H2,1-2H3. The van der Waals surface area contributed by atoms with Crippen LogP contribution in [0.2, 0.25) is 5.02 Å². The van der Waals surface area contributed by atoms with E-state index >= 15 is 0 Å².